The van der Waals surface area contributed by atoms with E-state index >= 15 is 0 Å². The summed E-state index contributed by atoms with van der Waals surface area (Å²) in [7, 11) is 8.41. The molecule has 1 aliphatic heterocycles. The number of hydrogen-bond donors (Lipinski definition) is 3. The predicted molar refractivity (Wildman–Crippen MR) is 208 cm³/mol. The molecule has 1 fully saturated rings. The van der Waals surface area contributed by atoms with E-state index in [9.17, 15) is 29.1 Å². The van der Waals surface area contributed by atoms with Gasteiger partial charge >= 0.3 is 5.97 Å². The Morgan fingerprint density at radius 1 is 0.925 bits per heavy atom. The third-order valence-corrected chi connectivity index (χ3v) is 10.6. The van der Waals surface area contributed by atoms with Crippen LogP contribution in [0.1, 0.15) is 80.6 Å². The van der Waals surface area contributed by atoms with Crippen molar-refractivity contribution in [2.24, 2.45) is 23.7 Å². The highest BCUT2D eigenvalue weighted by Crippen LogP contribution is 2.30. The summed E-state index contributed by atoms with van der Waals surface area (Å²) < 4.78 is 11.8. The summed E-state index contributed by atoms with van der Waals surface area (Å²) in [6, 6.07) is -3.31. The monoisotopic (exact) mass is 748 g/mol. The van der Waals surface area contributed by atoms with Crippen molar-refractivity contribution in [3.05, 3.63) is 37.0 Å². The van der Waals surface area contributed by atoms with Crippen LogP contribution in [-0.4, -0.2) is 134 Å². The van der Waals surface area contributed by atoms with Gasteiger partial charge in [-0.1, -0.05) is 86.3 Å². The molecule has 0 radical (unpaired) electrons. The lowest BCUT2D eigenvalue weighted by Crippen LogP contribution is -2.59. The number of likely N-dealkylation sites (tertiary alicyclic amines) is 1. The second-order valence-corrected chi connectivity index (χ2v) is 15.3. The molecule has 3 N–H and O–H groups in total. The van der Waals surface area contributed by atoms with E-state index in [0.29, 0.717) is 31.4 Å². The van der Waals surface area contributed by atoms with Crippen molar-refractivity contribution >= 4 is 29.6 Å². The van der Waals surface area contributed by atoms with Crippen molar-refractivity contribution in [1.29, 1.82) is 0 Å². The number of allylic oxidation sites excluding steroid dienone is 3. The first kappa shape index (κ1) is 47.5. The maximum atomic E-state index is 14.2. The van der Waals surface area contributed by atoms with Crippen molar-refractivity contribution < 1.29 is 38.6 Å². The fourth-order valence-corrected chi connectivity index (χ4v) is 7.52. The first-order chi connectivity index (χ1) is 24.8. The zero-order chi connectivity index (χ0) is 40.7. The molecule has 0 saturated carbocycles. The molecule has 1 saturated heterocycles. The topological polar surface area (TPSA) is 158 Å². The molecular formula is C40H69N5O8. The van der Waals surface area contributed by atoms with Crippen molar-refractivity contribution in [3.8, 4) is 0 Å². The first-order valence-corrected chi connectivity index (χ1v) is 18.9. The van der Waals surface area contributed by atoms with Gasteiger partial charge in [-0.05, 0) is 50.3 Å². The second kappa shape index (κ2) is 22.6. The minimum Gasteiger partial charge on any atom is -0.480 e. The molecule has 53 heavy (non-hydrogen) atoms. The maximum absolute atomic E-state index is 14.2. The summed E-state index contributed by atoms with van der Waals surface area (Å²) in [5.74, 6) is -3.36. The molecule has 0 bridgehead atoms. The zero-order valence-corrected chi connectivity index (χ0v) is 34.4. The Bertz CT molecular complexity index is 1280. The number of rotatable bonds is 23. The van der Waals surface area contributed by atoms with E-state index in [-0.39, 0.29) is 48.3 Å². The minimum atomic E-state index is -1.19. The van der Waals surface area contributed by atoms with Crippen LogP contribution >= 0.6 is 0 Å². The summed E-state index contributed by atoms with van der Waals surface area (Å²) in [6.45, 7) is 21.2. The molecule has 1 aliphatic rings. The lowest BCUT2D eigenvalue weighted by Gasteiger charge is -2.41. The molecular weight excluding hydrogens is 678 g/mol. The second-order valence-electron chi connectivity index (χ2n) is 15.3. The number of methoxy groups -OCH3 is 2. The number of hydrogen-bond acceptors (Lipinski definition) is 8. The van der Waals surface area contributed by atoms with Crippen molar-refractivity contribution in [2.45, 2.75) is 123 Å². The first-order valence-electron chi connectivity index (χ1n) is 18.9. The fourth-order valence-electron chi connectivity index (χ4n) is 7.52. The van der Waals surface area contributed by atoms with Crippen LogP contribution in [0.15, 0.2) is 37.0 Å². The molecule has 0 aliphatic carbocycles. The van der Waals surface area contributed by atoms with E-state index in [1.165, 1.54) is 26.4 Å². The number of amides is 4. The van der Waals surface area contributed by atoms with Crippen molar-refractivity contribution in [1.82, 2.24) is 25.3 Å². The van der Waals surface area contributed by atoms with Gasteiger partial charge in [-0.25, -0.2) is 4.79 Å². The fraction of sp³-hybridized carbons (Fsp3) is 0.725. The zero-order valence-electron chi connectivity index (χ0n) is 34.4. The van der Waals surface area contributed by atoms with Crippen LogP contribution in [0.5, 0.6) is 0 Å². The number of nitrogens with one attached hydrogen (secondary N) is 2. The number of likely N-dealkylation sites (N-methyl/N-ethyl adjacent to an activating group) is 2. The largest absolute Gasteiger partial charge is 0.480 e. The number of carboxylic acid groups (broad SMARTS) is 1. The van der Waals surface area contributed by atoms with Crippen LogP contribution in [0.4, 0.5) is 0 Å². The van der Waals surface area contributed by atoms with Gasteiger partial charge in [0.1, 0.15) is 12.1 Å². The molecule has 4 amide bonds. The maximum Gasteiger partial charge on any atom is 0.326 e. The summed E-state index contributed by atoms with van der Waals surface area (Å²) in [5, 5.41) is 15.5. The third kappa shape index (κ3) is 13.1. The van der Waals surface area contributed by atoms with E-state index in [0.717, 1.165) is 0 Å². The molecule has 0 aromatic carbocycles. The number of aliphatic carboxylic acids is 1. The standard InChI is InChI=1S/C40H69N5O8/c1-15-19-28(17-3)22-29(40(50)51)41-37(47)27(9)36(53-14)30-20-18-21-45(30)32(46)23-31(52-13)35(26(8)16-2)44(12)39(49)33(24(4)5)42-38(48)34(25(6)7)43(10)11/h15,17,19,24-27,29-31,33-36H,1,3,16,18,20-23H2,2,4-14H3,(H,41,47)(H,42,48)(H,50,51)/b28-19+/t26?,27?,29?,30?,31?,33-,34?,35?,36?/m0/s1. The molecule has 9 atom stereocenters. The average Bonchev–Trinajstić information content (AvgIpc) is 3.58. The van der Waals surface area contributed by atoms with Gasteiger partial charge in [-0.3, -0.25) is 24.1 Å². The van der Waals surface area contributed by atoms with Gasteiger partial charge in [0.25, 0.3) is 0 Å². The Kier molecular flexibility index (Phi) is 20.3. The van der Waals surface area contributed by atoms with Crippen LogP contribution in [0.3, 0.4) is 0 Å². The quantitative estimate of drug-likeness (QED) is 0.132. The molecule has 302 valence electrons. The van der Waals surface area contributed by atoms with Gasteiger partial charge in [0.2, 0.25) is 23.6 Å². The highest BCUT2D eigenvalue weighted by Gasteiger charge is 2.43. The smallest absolute Gasteiger partial charge is 0.326 e. The Labute approximate surface area is 318 Å². The number of carbonyl (C=O) groups excluding carboxylic acids is 4. The summed E-state index contributed by atoms with van der Waals surface area (Å²) in [6.07, 6.45) is 5.33. The van der Waals surface area contributed by atoms with Crippen LogP contribution in [0.25, 0.3) is 0 Å². The van der Waals surface area contributed by atoms with Crippen LogP contribution in [0, 0.1) is 23.7 Å². The highest BCUT2D eigenvalue weighted by molar-refractivity contribution is 5.90. The number of ether oxygens (including phenoxy) is 2. The van der Waals surface area contributed by atoms with Crippen molar-refractivity contribution in [2.75, 3.05) is 41.9 Å². The van der Waals surface area contributed by atoms with Gasteiger partial charge in [0.05, 0.1) is 42.7 Å². The number of nitrogens with zero attached hydrogens (tertiary/aromatic N) is 3. The SMILES string of the molecule is C=C/C=C(\C=C)CC(NC(=O)C(C)C(OC)C1CCCN1C(=O)CC(OC)C(C(C)CC)N(C)C(=O)[C@@H](NC(=O)C(C(C)C)N(C)C)C(C)C)C(=O)O. The van der Waals surface area contributed by atoms with Gasteiger partial charge < -0.3 is 35.0 Å². The van der Waals surface area contributed by atoms with E-state index in [4.69, 9.17) is 9.47 Å². The van der Waals surface area contributed by atoms with Crippen LogP contribution in [-0.2, 0) is 33.4 Å². The summed E-state index contributed by atoms with van der Waals surface area (Å²) in [5.41, 5.74) is 0.612. The van der Waals surface area contributed by atoms with Gasteiger partial charge in [0.15, 0.2) is 0 Å². The van der Waals surface area contributed by atoms with E-state index in [1.54, 1.807) is 29.8 Å². The molecule has 1 heterocycles. The number of carboxylic acids is 1. The predicted octanol–water partition coefficient (Wildman–Crippen LogP) is 3.89. The van der Waals surface area contributed by atoms with Crippen LogP contribution in [0.2, 0.25) is 0 Å². The van der Waals surface area contributed by atoms with Crippen LogP contribution < -0.4 is 10.6 Å². The third-order valence-electron chi connectivity index (χ3n) is 10.6. The molecule has 0 spiro atoms. The summed E-state index contributed by atoms with van der Waals surface area (Å²) >= 11 is 0. The van der Waals surface area contributed by atoms with Crippen molar-refractivity contribution in [3.63, 3.8) is 0 Å². The summed E-state index contributed by atoms with van der Waals surface area (Å²) in [4.78, 5) is 72.4. The minimum absolute atomic E-state index is 0.0214. The highest BCUT2D eigenvalue weighted by atomic mass is 16.5. The molecule has 13 heteroatoms. The molecule has 8 unspecified atom stereocenters. The Morgan fingerprint density at radius 2 is 1.55 bits per heavy atom. The molecule has 13 nitrogen and oxygen atoms in total. The van der Waals surface area contributed by atoms with Gasteiger partial charge in [0, 0.05) is 34.2 Å². The van der Waals surface area contributed by atoms with E-state index in [2.05, 4.69) is 23.8 Å². The van der Waals surface area contributed by atoms with E-state index in [1.807, 2.05) is 60.5 Å². The lowest BCUT2D eigenvalue weighted by atomic mass is 9.89. The average molecular weight is 748 g/mol. The molecule has 0 aromatic heterocycles. The normalized spacial score (nSPS) is 19.5. The van der Waals surface area contributed by atoms with Gasteiger partial charge in [-0.2, -0.15) is 0 Å². The Balaban J connectivity index is 3.30. The Morgan fingerprint density at radius 3 is 2.00 bits per heavy atom. The Hall–Kier alpha value is -3.55. The number of carbonyl (C=O) groups is 5. The molecule has 0 aromatic rings. The van der Waals surface area contributed by atoms with E-state index < -0.39 is 60.2 Å². The van der Waals surface area contributed by atoms with Gasteiger partial charge in [-0.15, -0.1) is 0 Å². The molecule has 1 rings (SSSR count). The lowest BCUT2D eigenvalue weighted by molar-refractivity contribution is -0.148.